The smallest absolute Gasteiger partial charge is 0.271 e. The van der Waals surface area contributed by atoms with E-state index in [4.69, 9.17) is 0 Å². The molecule has 0 bridgehead atoms. The van der Waals surface area contributed by atoms with Gasteiger partial charge in [0.05, 0.1) is 11.9 Å². The van der Waals surface area contributed by atoms with Crippen molar-refractivity contribution in [3.63, 3.8) is 0 Å². The molecule has 1 aromatic heterocycles. The number of rotatable bonds is 3. The normalized spacial score (nSPS) is 10.6. The van der Waals surface area contributed by atoms with Crippen molar-refractivity contribution in [3.05, 3.63) is 59.7 Å². The number of aromatic amines is 1. The van der Waals surface area contributed by atoms with Gasteiger partial charge in [-0.25, -0.2) is 9.82 Å². The van der Waals surface area contributed by atoms with Gasteiger partial charge < -0.3 is 4.98 Å². The number of aromatic nitrogens is 1. The van der Waals surface area contributed by atoms with E-state index in [1.165, 1.54) is 24.4 Å². The van der Waals surface area contributed by atoms with E-state index in [2.05, 4.69) is 15.5 Å². The summed E-state index contributed by atoms with van der Waals surface area (Å²) in [5, 5.41) is 3.74. The highest BCUT2D eigenvalue weighted by Crippen LogP contribution is 2.02. The first-order chi connectivity index (χ1) is 8.25. The molecule has 2 rings (SSSR count). The second kappa shape index (κ2) is 5.07. The molecule has 1 heterocycles. The maximum Gasteiger partial charge on any atom is 0.271 e. The third-order valence-corrected chi connectivity index (χ3v) is 2.08. The second-order valence-corrected chi connectivity index (χ2v) is 3.33. The summed E-state index contributed by atoms with van der Waals surface area (Å²) in [6, 6.07) is 9.04. The number of hydrazone groups is 1. The molecule has 0 aliphatic heterocycles. The Bertz CT molecular complexity index is 534. The summed E-state index contributed by atoms with van der Waals surface area (Å²) < 4.78 is 12.8. The van der Waals surface area contributed by atoms with E-state index >= 15 is 0 Å². The standard InChI is InChI=1S/C12H10FN3O/c13-10-4-1-3-9(7-10)12(17)16-15-8-11-5-2-6-14-11/h1-8,14H,(H,16,17)/b15-8-. The number of H-pyrrole nitrogens is 1. The molecule has 17 heavy (non-hydrogen) atoms. The van der Waals surface area contributed by atoms with E-state index in [9.17, 15) is 9.18 Å². The van der Waals surface area contributed by atoms with Crippen LogP contribution in [-0.2, 0) is 0 Å². The molecule has 0 aliphatic rings. The fourth-order valence-electron chi connectivity index (χ4n) is 1.28. The van der Waals surface area contributed by atoms with E-state index in [1.54, 1.807) is 12.3 Å². The molecule has 0 saturated heterocycles. The van der Waals surface area contributed by atoms with Gasteiger partial charge in [-0.3, -0.25) is 4.79 Å². The quantitative estimate of drug-likeness (QED) is 0.615. The fourth-order valence-corrected chi connectivity index (χ4v) is 1.28. The van der Waals surface area contributed by atoms with Crippen LogP contribution in [0.25, 0.3) is 0 Å². The average Bonchev–Trinajstić information content (AvgIpc) is 2.82. The molecule has 0 fully saturated rings. The van der Waals surface area contributed by atoms with E-state index < -0.39 is 11.7 Å². The lowest BCUT2D eigenvalue weighted by Crippen LogP contribution is -2.17. The van der Waals surface area contributed by atoms with Crippen LogP contribution >= 0.6 is 0 Å². The summed E-state index contributed by atoms with van der Waals surface area (Å²) in [5.74, 6) is -0.904. The highest BCUT2D eigenvalue weighted by atomic mass is 19.1. The summed E-state index contributed by atoms with van der Waals surface area (Å²) in [5.41, 5.74) is 3.31. The minimum absolute atomic E-state index is 0.230. The number of carbonyl (C=O) groups is 1. The van der Waals surface area contributed by atoms with Gasteiger partial charge in [0.25, 0.3) is 5.91 Å². The van der Waals surface area contributed by atoms with Gasteiger partial charge in [-0.1, -0.05) is 6.07 Å². The Morgan fingerprint density at radius 1 is 1.35 bits per heavy atom. The monoisotopic (exact) mass is 231 g/mol. The highest BCUT2D eigenvalue weighted by molar-refractivity contribution is 5.94. The van der Waals surface area contributed by atoms with Crippen molar-refractivity contribution >= 4 is 12.1 Å². The average molecular weight is 231 g/mol. The molecule has 86 valence electrons. The number of hydrogen-bond donors (Lipinski definition) is 2. The summed E-state index contributed by atoms with van der Waals surface area (Å²) in [6.07, 6.45) is 3.22. The van der Waals surface area contributed by atoms with Crippen molar-refractivity contribution in [3.8, 4) is 0 Å². The first-order valence-electron chi connectivity index (χ1n) is 4.98. The molecule has 1 aromatic carbocycles. The van der Waals surface area contributed by atoms with Crippen molar-refractivity contribution in [2.75, 3.05) is 0 Å². The van der Waals surface area contributed by atoms with Gasteiger partial charge in [0.15, 0.2) is 0 Å². The molecule has 0 atom stereocenters. The molecule has 5 heteroatoms. The molecule has 0 saturated carbocycles. The first kappa shape index (κ1) is 11.1. The maximum absolute atomic E-state index is 12.8. The van der Waals surface area contributed by atoms with Gasteiger partial charge in [-0.2, -0.15) is 5.10 Å². The molecule has 0 aliphatic carbocycles. The van der Waals surface area contributed by atoms with Crippen molar-refractivity contribution in [1.82, 2.24) is 10.4 Å². The molecule has 0 unspecified atom stereocenters. The van der Waals surface area contributed by atoms with Crippen molar-refractivity contribution in [1.29, 1.82) is 0 Å². The number of nitrogens with one attached hydrogen (secondary N) is 2. The van der Waals surface area contributed by atoms with Gasteiger partial charge in [-0.05, 0) is 30.3 Å². The number of benzene rings is 1. The Labute approximate surface area is 97.2 Å². The maximum atomic E-state index is 12.8. The lowest BCUT2D eigenvalue weighted by molar-refractivity contribution is 0.0954. The van der Waals surface area contributed by atoms with Gasteiger partial charge in [0.1, 0.15) is 5.82 Å². The third kappa shape index (κ3) is 3.01. The van der Waals surface area contributed by atoms with Crippen molar-refractivity contribution < 1.29 is 9.18 Å². The van der Waals surface area contributed by atoms with E-state index in [-0.39, 0.29) is 5.56 Å². The van der Waals surface area contributed by atoms with Crippen LogP contribution < -0.4 is 5.43 Å². The van der Waals surface area contributed by atoms with Gasteiger partial charge >= 0.3 is 0 Å². The van der Waals surface area contributed by atoms with Gasteiger partial charge in [0.2, 0.25) is 0 Å². The minimum atomic E-state index is -0.453. The Kier molecular flexibility index (Phi) is 3.30. The lowest BCUT2D eigenvalue weighted by atomic mass is 10.2. The van der Waals surface area contributed by atoms with Crippen LogP contribution in [0.2, 0.25) is 0 Å². The Balaban J connectivity index is 1.98. The molecular weight excluding hydrogens is 221 g/mol. The predicted molar refractivity (Wildman–Crippen MR) is 62.3 cm³/mol. The van der Waals surface area contributed by atoms with E-state index in [1.807, 2.05) is 6.07 Å². The van der Waals surface area contributed by atoms with Gasteiger partial charge in [0, 0.05) is 11.8 Å². The van der Waals surface area contributed by atoms with Crippen molar-refractivity contribution in [2.24, 2.45) is 5.10 Å². The summed E-state index contributed by atoms with van der Waals surface area (Å²) in [7, 11) is 0. The minimum Gasteiger partial charge on any atom is -0.360 e. The predicted octanol–water partition coefficient (Wildman–Crippen LogP) is 1.92. The van der Waals surface area contributed by atoms with Crippen LogP contribution in [0, 0.1) is 5.82 Å². The second-order valence-electron chi connectivity index (χ2n) is 3.33. The summed E-state index contributed by atoms with van der Waals surface area (Å²) in [4.78, 5) is 14.4. The lowest BCUT2D eigenvalue weighted by Gasteiger charge is -1.98. The number of carbonyl (C=O) groups excluding carboxylic acids is 1. The SMILES string of the molecule is O=C(N/N=C\c1ccc[nH]1)c1cccc(F)c1. The van der Waals surface area contributed by atoms with Crippen LogP contribution in [0.15, 0.2) is 47.7 Å². The van der Waals surface area contributed by atoms with E-state index in [0.29, 0.717) is 0 Å². The summed E-state index contributed by atoms with van der Waals surface area (Å²) >= 11 is 0. The zero-order valence-electron chi connectivity index (χ0n) is 8.85. The zero-order valence-corrected chi connectivity index (χ0v) is 8.85. The molecular formula is C12H10FN3O. The number of hydrogen-bond acceptors (Lipinski definition) is 2. The van der Waals surface area contributed by atoms with Crippen LogP contribution in [0.4, 0.5) is 4.39 Å². The van der Waals surface area contributed by atoms with Crippen LogP contribution in [0.3, 0.4) is 0 Å². The topological polar surface area (TPSA) is 57.2 Å². The Morgan fingerprint density at radius 3 is 2.94 bits per heavy atom. The van der Waals surface area contributed by atoms with Crippen LogP contribution in [0.5, 0.6) is 0 Å². The van der Waals surface area contributed by atoms with E-state index in [0.717, 1.165) is 11.8 Å². The molecule has 0 spiro atoms. The molecule has 2 N–H and O–H groups in total. The number of halogens is 1. The summed E-state index contributed by atoms with van der Waals surface area (Å²) in [6.45, 7) is 0. The molecule has 2 aromatic rings. The highest BCUT2D eigenvalue weighted by Gasteiger charge is 2.04. The first-order valence-corrected chi connectivity index (χ1v) is 4.98. The molecule has 4 nitrogen and oxygen atoms in total. The molecule has 0 radical (unpaired) electrons. The number of amides is 1. The molecule has 1 amide bonds. The van der Waals surface area contributed by atoms with Crippen LogP contribution in [0.1, 0.15) is 16.1 Å². The van der Waals surface area contributed by atoms with Crippen LogP contribution in [-0.4, -0.2) is 17.1 Å². The zero-order chi connectivity index (χ0) is 12.1. The Hall–Kier alpha value is -2.43. The largest absolute Gasteiger partial charge is 0.360 e. The van der Waals surface area contributed by atoms with Gasteiger partial charge in [-0.15, -0.1) is 0 Å². The Morgan fingerprint density at radius 2 is 2.24 bits per heavy atom. The fraction of sp³-hybridized carbons (Fsp3) is 0. The number of nitrogens with zero attached hydrogens (tertiary/aromatic N) is 1. The third-order valence-electron chi connectivity index (χ3n) is 2.08. The van der Waals surface area contributed by atoms with Crippen molar-refractivity contribution in [2.45, 2.75) is 0 Å².